The average molecular weight is 271 g/mol. The molecule has 0 fully saturated rings. The molecule has 18 heavy (non-hydrogen) atoms. The Hall–Kier alpha value is -1.63. The van der Waals surface area contributed by atoms with E-state index in [1.54, 1.807) is 20.0 Å². The van der Waals surface area contributed by atoms with Crippen molar-refractivity contribution in [1.82, 2.24) is 15.6 Å². The van der Waals surface area contributed by atoms with Crippen molar-refractivity contribution < 1.29 is 14.7 Å². The Morgan fingerprint density at radius 2 is 1.89 bits per heavy atom. The van der Waals surface area contributed by atoms with Crippen LogP contribution in [0.2, 0.25) is 0 Å². The monoisotopic (exact) mass is 271 g/mol. The molecule has 0 bridgehead atoms. The van der Waals surface area contributed by atoms with E-state index in [1.165, 1.54) is 25.2 Å². The number of hydrogen-bond acceptors (Lipinski definition) is 4. The third-order valence-corrected chi connectivity index (χ3v) is 3.45. The van der Waals surface area contributed by atoms with Gasteiger partial charge in [0.15, 0.2) is 0 Å². The molecule has 6 nitrogen and oxygen atoms in total. The lowest BCUT2D eigenvalue weighted by atomic mass is 10.1. The molecule has 0 atom stereocenters. The Morgan fingerprint density at radius 3 is 2.33 bits per heavy atom. The smallest absolute Gasteiger partial charge is 0.328 e. The van der Waals surface area contributed by atoms with Crippen LogP contribution in [0.3, 0.4) is 0 Å². The van der Waals surface area contributed by atoms with Crippen LogP contribution in [-0.2, 0) is 10.3 Å². The van der Waals surface area contributed by atoms with E-state index in [-0.39, 0.29) is 0 Å². The van der Waals surface area contributed by atoms with E-state index >= 15 is 0 Å². The first kappa shape index (κ1) is 14.4. The SMILES string of the molecule is CC(C)(NC(=O)NC(C)(C)c1nccs1)C(=O)O. The number of carbonyl (C=O) groups is 2. The molecule has 0 unspecified atom stereocenters. The van der Waals surface area contributed by atoms with Gasteiger partial charge in [0, 0.05) is 11.6 Å². The maximum atomic E-state index is 11.8. The number of thiazole rings is 1. The summed E-state index contributed by atoms with van der Waals surface area (Å²) in [4.78, 5) is 26.8. The van der Waals surface area contributed by atoms with Crippen LogP contribution in [0.4, 0.5) is 4.79 Å². The molecule has 1 aromatic rings. The Morgan fingerprint density at radius 1 is 1.28 bits per heavy atom. The van der Waals surface area contributed by atoms with Crippen LogP contribution in [-0.4, -0.2) is 27.6 Å². The van der Waals surface area contributed by atoms with Crippen LogP contribution in [0.25, 0.3) is 0 Å². The molecule has 0 radical (unpaired) electrons. The molecular formula is C11H17N3O3S. The van der Waals surface area contributed by atoms with Gasteiger partial charge in [0.1, 0.15) is 10.5 Å². The molecule has 0 saturated carbocycles. The highest BCUT2D eigenvalue weighted by Gasteiger charge is 2.32. The summed E-state index contributed by atoms with van der Waals surface area (Å²) >= 11 is 1.43. The normalized spacial score (nSPS) is 12.0. The van der Waals surface area contributed by atoms with E-state index < -0.39 is 23.1 Å². The van der Waals surface area contributed by atoms with Crippen molar-refractivity contribution in [3.05, 3.63) is 16.6 Å². The van der Waals surface area contributed by atoms with E-state index in [0.717, 1.165) is 5.01 Å². The van der Waals surface area contributed by atoms with Crippen LogP contribution in [0.15, 0.2) is 11.6 Å². The number of amides is 2. The van der Waals surface area contributed by atoms with Crippen LogP contribution >= 0.6 is 11.3 Å². The van der Waals surface area contributed by atoms with Gasteiger partial charge >= 0.3 is 12.0 Å². The minimum atomic E-state index is -1.32. The third kappa shape index (κ3) is 3.43. The summed E-state index contributed by atoms with van der Waals surface area (Å²) in [5, 5.41) is 16.6. The highest BCUT2D eigenvalue weighted by Crippen LogP contribution is 2.21. The summed E-state index contributed by atoms with van der Waals surface area (Å²) in [6.45, 7) is 6.45. The summed E-state index contributed by atoms with van der Waals surface area (Å²) in [7, 11) is 0. The van der Waals surface area contributed by atoms with Gasteiger partial charge in [-0.3, -0.25) is 0 Å². The number of carboxylic acids is 1. The molecular weight excluding hydrogens is 254 g/mol. The highest BCUT2D eigenvalue weighted by molar-refractivity contribution is 7.09. The van der Waals surface area contributed by atoms with Gasteiger partial charge in [-0.15, -0.1) is 11.3 Å². The van der Waals surface area contributed by atoms with E-state index in [2.05, 4.69) is 15.6 Å². The third-order valence-electron chi connectivity index (χ3n) is 2.35. The lowest BCUT2D eigenvalue weighted by Gasteiger charge is -2.27. The standard InChI is InChI=1S/C11H17N3O3S/c1-10(2,7-12-5-6-18-7)13-9(17)14-11(3,4)8(15)16/h5-6H,1-4H3,(H,15,16)(H2,13,14,17). The molecule has 7 heteroatoms. The number of hydrogen-bond donors (Lipinski definition) is 3. The van der Waals surface area contributed by atoms with Crippen molar-refractivity contribution in [3.8, 4) is 0 Å². The predicted octanol–water partition coefficient (Wildman–Crippen LogP) is 1.54. The number of aliphatic carboxylic acids is 1. The molecule has 1 heterocycles. The van der Waals surface area contributed by atoms with E-state index in [1.807, 2.05) is 5.38 Å². The number of carbonyl (C=O) groups excluding carboxylic acids is 1. The van der Waals surface area contributed by atoms with Gasteiger partial charge in [-0.25, -0.2) is 14.6 Å². The Kier molecular flexibility index (Phi) is 3.95. The molecule has 1 aromatic heterocycles. The zero-order chi connectivity index (χ0) is 14.0. The fraction of sp³-hybridized carbons (Fsp3) is 0.545. The van der Waals surface area contributed by atoms with E-state index in [4.69, 9.17) is 5.11 Å². The molecule has 100 valence electrons. The minimum absolute atomic E-state index is 0.539. The summed E-state index contributed by atoms with van der Waals surface area (Å²) in [5.41, 5.74) is -1.96. The van der Waals surface area contributed by atoms with Crippen molar-refractivity contribution in [2.45, 2.75) is 38.8 Å². The molecule has 2 amide bonds. The highest BCUT2D eigenvalue weighted by atomic mass is 32.1. The molecule has 0 aliphatic heterocycles. The molecule has 0 spiro atoms. The van der Waals surface area contributed by atoms with Gasteiger partial charge in [0.05, 0.1) is 5.54 Å². The summed E-state index contributed by atoms with van der Waals surface area (Å²) < 4.78 is 0. The van der Waals surface area contributed by atoms with Crippen LogP contribution in [0.5, 0.6) is 0 Å². The molecule has 1 rings (SSSR count). The van der Waals surface area contributed by atoms with Crippen LogP contribution < -0.4 is 10.6 Å². The molecule has 0 aromatic carbocycles. The topological polar surface area (TPSA) is 91.3 Å². The minimum Gasteiger partial charge on any atom is -0.480 e. The van der Waals surface area contributed by atoms with Gasteiger partial charge in [0.2, 0.25) is 0 Å². The fourth-order valence-corrected chi connectivity index (χ4v) is 1.96. The van der Waals surface area contributed by atoms with Crippen molar-refractivity contribution >= 4 is 23.3 Å². The number of nitrogens with one attached hydrogen (secondary N) is 2. The van der Waals surface area contributed by atoms with E-state index in [9.17, 15) is 9.59 Å². The molecule has 3 N–H and O–H groups in total. The van der Waals surface area contributed by atoms with Crippen molar-refractivity contribution in [3.63, 3.8) is 0 Å². The fourth-order valence-electron chi connectivity index (χ4n) is 1.24. The zero-order valence-electron chi connectivity index (χ0n) is 10.8. The number of nitrogens with zero attached hydrogens (tertiary/aromatic N) is 1. The molecule has 0 aliphatic rings. The lowest BCUT2D eigenvalue weighted by molar-refractivity contribution is -0.142. The first-order chi connectivity index (χ1) is 8.15. The maximum Gasteiger partial charge on any atom is 0.328 e. The Bertz CT molecular complexity index is 440. The van der Waals surface area contributed by atoms with Gasteiger partial charge < -0.3 is 15.7 Å². The first-order valence-corrected chi connectivity index (χ1v) is 6.27. The van der Waals surface area contributed by atoms with Crippen molar-refractivity contribution in [2.24, 2.45) is 0 Å². The Labute approximate surface area is 109 Å². The second-order valence-corrected chi connectivity index (χ2v) is 5.87. The van der Waals surface area contributed by atoms with E-state index in [0.29, 0.717) is 0 Å². The maximum absolute atomic E-state index is 11.8. The van der Waals surface area contributed by atoms with Gasteiger partial charge in [-0.2, -0.15) is 0 Å². The second kappa shape index (κ2) is 4.93. The largest absolute Gasteiger partial charge is 0.480 e. The predicted molar refractivity (Wildman–Crippen MR) is 68.5 cm³/mol. The zero-order valence-corrected chi connectivity index (χ0v) is 11.6. The summed E-state index contributed by atoms with van der Waals surface area (Å²) in [5.74, 6) is -1.09. The average Bonchev–Trinajstić information content (AvgIpc) is 2.67. The van der Waals surface area contributed by atoms with Gasteiger partial charge in [-0.05, 0) is 27.7 Å². The second-order valence-electron chi connectivity index (χ2n) is 4.97. The van der Waals surface area contributed by atoms with Gasteiger partial charge in [0.25, 0.3) is 0 Å². The van der Waals surface area contributed by atoms with Crippen LogP contribution in [0.1, 0.15) is 32.7 Å². The molecule has 0 aliphatic carbocycles. The van der Waals surface area contributed by atoms with Gasteiger partial charge in [-0.1, -0.05) is 0 Å². The molecule has 0 saturated heterocycles. The Balaban J connectivity index is 2.69. The number of rotatable bonds is 4. The number of carboxylic acid groups (broad SMARTS) is 1. The summed E-state index contributed by atoms with van der Waals surface area (Å²) in [6, 6.07) is -0.539. The first-order valence-electron chi connectivity index (χ1n) is 5.39. The number of aromatic nitrogens is 1. The van der Waals surface area contributed by atoms with Crippen LogP contribution in [0, 0.1) is 0 Å². The number of urea groups is 1. The lowest BCUT2D eigenvalue weighted by Crippen LogP contribution is -2.56. The quantitative estimate of drug-likeness (QED) is 0.774. The van der Waals surface area contributed by atoms with Crippen molar-refractivity contribution in [1.29, 1.82) is 0 Å². The van der Waals surface area contributed by atoms with Crippen molar-refractivity contribution in [2.75, 3.05) is 0 Å². The summed E-state index contributed by atoms with van der Waals surface area (Å²) in [6.07, 6.45) is 1.66.